The van der Waals surface area contributed by atoms with Gasteiger partial charge in [0.05, 0.1) is 28.8 Å². The summed E-state index contributed by atoms with van der Waals surface area (Å²) in [5.41, 5.74) is 0.158. The summed E-state index contributed by atoms with van der Waals surface area (Å²) in [5, 5.41) is 8.23. The van der Waals surface area contributed by atoms with Crippen molar-refractivity contribution in [3.8, 4) is 0 Å². The van der Waals surface area contributed by atoms with Crippen LogP contribution in [0.2, 0.25) is 0 Å². The molecule has 0 aliphatic carbocycles. The van der Waals surface area contributed by atoms with Gasteiger partial charge in [0.2, 0.25) is 17.7 Å². The molecule has 56 heavy (non-hydrogen) atoms. The highest BCUT2D eigenvalue weighted by Gasteiger charge is 2.56. The number of benzene rings is 1. The largest absolute Gasteiger partial charge is 0.458 e. The van der Waals surface area contributed by atoms with Crippen molar-refractivity contribution in [3.63, 3.8) is 0 Å². The van der Waals surface area contributed by atoms with Crippen LogP contribution in [0.3, 0.4) is 0 Å². The standard InChI is InChI=1S/C33H40F3N5O3.C4F6O2/c1-18-25(35)15-22-27(37-18)33(44-28(22)32(6,7)30-39-38-19(2)43-30)10-12-40(13-11-33)29(42)24-17-41(31(3,4)5)16-23(24)21-9-8-20(34)14-26(21)36;5-3(6,7)1(11)2(12)4(8,9)10/h8-9,14-15,23-24,28H,10-13,16-17H2,1-7H3;/t23-,24?,28?;/m0./s1. The van der Waals surface area contributed by atoms with E-state index in [1.807, 2.05) is 18.7 Å². The van der Waals surface area contributed by atoms with E-state index in [4.69, 9.17) is 14.1 Å². The molecule has 0 saturated carbocycles. The van der Waals surface area contributed by atoms with Crippen molar-refractivity contribution in [1.82, 2.24) is 25.0 Å². The van der Waals surface area contributed by atoms with Crippen molar-refractivity contribution < 1.29 is 63.1 Å². The van der Waals surface area contributed by atoms with E-state index in [0.29, 0.717) is 67.6 Å². The SMILES string of the molecule is Cc1nnc(C(C)(C)C2OC3(CCN(C(=O)C4CN(C(C)(C)C)C[C@H]4c4ccc(F)cc4F)CC3)c3nc(C)c(F)cc32)o1.O=C(C(=O)C(F)(F)F)C(F)(F)F. The molecule has 3 atom stereocenters. The minimum Gasteiger partial charge on any atom is -0.425 e. The van der Waals surface area contributed by atoms with Gasteiger partial charge >= 0.3 is 23.9 Å². The van der Waals surface area contributed by atoms with E-state index in [2.05, 4.69) is 35.9 Å². The molecule has 10 nitrogen and oxygen atoms in total. The first kappa shape index (κ1) is 42.7. The predicted molar refractivity (Wildman–Crippen MR) is 178 cm³/mol. The number of piperidine rings is 1. The van der Waals surface area contributed by atoms with Gasteiger partial charge in [-0.1, -0.05) is 6.07 Å². The topological polar surface area (TPSA) is 119 Å². The lowest BCUT2D eigenvalue weighted by molar-refractivity contribution is -0.193. The van der Waals surface area contributed by atoms with Crippen LogP contribution in [-0.4, -0.2) is 86.5 Å². The Bertz CT molecular complexity index is 1970. The molecule has 0 radical (unpaired) electrons. The molecular formula is C37H40F9N5O5. The number of ketones is 2. The number of amides is 1. The zero-order valence-electron chi connectivity index (χ0n) is 31.5. The van der Waals surface area contributed by atoms with Crippen LogP contribution in [0.5, 0.6) is 0 Å². The van der Waals surface area contributed by atoms with E-state index < -0.39 is 70.3 Å². The normalized spacial score (nSPS) is 21.5. The Morgan fingerprint density at radius 1 is 0.804 bits per heavy atom. The quantitative estimate of drug-likeness (QED) is 0.196. The fourth-order valence-corrected chi connectivity index (χ4v) is 7.36. The number of hydrogen-bond donors (Lipinski definition) is 0. The Balaban J connectivity index is 0.000000433. The maximum atomic E-state index is 15.0. The number of aromatic nitrogens is 3. The molecule has 2 aromatic heterocycles. The number of rotatable bonds is 5. The number of pyridine rings is 1. The van der Waals surface area contributed by atoms with Crippen molar-refractivity contribution in [1.29, 1.82) is 0 Å². The Morgan fingerprint density at radius 2 is 1.39 bits per heavy atom. The minimum atomic E-state index is -5.77. The first-order chi connectivity index (χ1) is 25.7. The van der Waals surface area contributed by atoms with E-state index in [9.17, 15) is 49.5 Å². The zero-order chi connectivity index (χ0) is 41.9. The van der Waals surface area contributed by atoms with Crippen LogP contribution in [0.4, 0.5) is 39.5 Å². The monoisotopic (exact) mass is 805 g/mol. The molecule has 3 aliphatic rings. The van der Waals surface area contributed by atoms with Crippen molar-refractivity contribution >= 4 is 17.5 Å². The molecule has 3 aromatic rings. The number of ether oxygens (including phenoxy) is 1. The number of alkyl halides is 6. The summed E-state index contributed by atoms with van der Waals surface area (Å²) in [7, 11) is 0. The number of fused-ring (bicyclic) bond motifs is 2. The summed E-state index contributed by atoms with van der Waals surface area (Å²) in [5.74, 6) is -8.63. The minimum absolute atomic E-state index is 0.0555. The summed E-state index contributed by atoms with van der Waals surface area (Å²) in [4.78, 5) is 42.1. The van der Waals surface area contributed by atoms with Gasteiger partial charge in [-0.15, -0.1) is 10.2 Å². The van der Waals surface area contributed by atoms with Crippen molar-refractivity contribution in [2.75, 3.05) is 26.2 Å². The van der Waals surface area contributed by atoms with Gasteiger partial charge in [-0.25, -0.2) is 13.2 Å². The fourth-order valence-electron chi connectivity index (χ4n) is 7.36. The van der Waals surface area contributed by atoms with Crippen molar-refractivity contribution in [2.24, 2.45) is 5.92 Å². The second-order valence-corrected chi connectivity index (χ2v) is 15.8. The first-order valence-electron chi connectivity index (χ1n) is 17.5. The van der Waals surface area contributed by atoms with Gasteiger partial charge in [-0.05, 0) is 72.1 Å². The average Bonchev–Trinajstić information content (AvgIpc) is 3.81. The predicted octanol–water partition coefficient (Wildman–Crippen LogP) is 7.13. The van der Waals surface area contributed by atoms with E-state index in [-0.39, 0.29) is 17.1 Å². The van der Waals surface area contributed by atoms with Crippen molar-refractivity contribution in [3.05, 3.63) is 76.0 Å². The van der Waals surface area contributed by atoms with Gasteiger partial charge in [0, 0.05) is 56.2 Å². The molecule has 306 valence electrons. The van der Waals surface area contributed by atoms with Gasteiger partial charge in [-0.3, -0.25) is 24.3 Å². The third-order valence-corrected chi connectivity index (χ3v) is 10.5. The Labute approximate surface area is 315 Å². The molecule has 2 unspecified atom stereocenters. The number of aryl methyl sites for hydroxylation is 2. The number of Topliss-reactive ketones (excluding diaryl/α,β-unsaturated/α-hetero) is 2. The summed E-state index contributed by atoms with van der Waals surface area (Å²) in [6.07, 6.45) is -11.2. The molecule has 0 bridgehead atoms. The molecule has 0 N–H and O–H groups in total. The van der Waals surface area contributed by atoms with Crippen LogP contribution in [0.25, 0.3) is 0 Å². The number of carbonyl (C=O) groups excluding carboxylic acids is 3. The lowest BCUT2D eigenvalue weighted by Gasteiger charge is -2.41. The van der Waals surface area contributed by atoms with Crippen molar-refractivity contribution in [2.45, 2.75) is 102 Å². The number of nitrogens with zero attached hydrogens (tertiary/aromatic N) is 5. The van der Waals surface area contributed by atoms with E-state index in [1.54, 1.807) is 13.8 Å². The molecule has 19 heteroatoms. The average molecular weight is 806 g/mol. The molecule has 6 rings (SSSR count). The van der Waals surface area contributed by atoms with Gasteiger partial charge in [0.25, 0.3) is 0 Å². The Hall–Kier alpha value is -4.39. The number of halogens is 9. The summed E-state index contributed by atoms with van der Waals surface area (Å²) in [6, 6.07) is 5.11. The number of hydrogen-bond acceptors (Lipinski definition) is 9. The lowest BCUT2D eigenvalue weighted by Crippen LogP contribution is -2.49. The van der Waals surface area contributed by atoms with E-state index in [0.717, 1.165) is 6.07 Å². The van der Waals surface area contributed by atoms with Crippen LogP contribution in [0, 0.1) is 37.2 Å². The third kappa shape index (κ3) is 8.33. The second-order valence-electron chi connectivity index (χ2n) is 15.8. The first-order valence-corrected chi connectivity index (χ1v) is 17.5. The fraction of sp³-hybridized carbons (Fsp3) is 0.568. The summed E-state index contributed by atoms with van der Waals surface area (Å²) >= 11 is 0. The van der Waals surface area contributed by atoms with E-state index in [1.165, 1.54) is 18.2 Å². The molecule has 3 aliphatic heterocycles. The molecular weight excluding hydrogens is 765 g/mol. The summed E-state index contributed by atoms with van der Waals surface area (Å²) < 4.78 is 123. The number of likely N-dealkylation sites (tertiary alicyclic amines) is 2. The zero-order valence-corrected chi connectivity index (χ0v) is 31.5. The molecule has 5 heterocycles. The smallest absolute Gasteiger partial charge is 0.425 e. The van der Waals surface area contributed by atoms with Gasteiger partial charge in [0.15, 0.2) is 0 Å². The molecule has 2 fully saturated rings. The van der Waals surface area contributed by atoms with E-state index >= 15 is 4.39 Å². The van der Waals surface area contributed by atoms with Crippen LogP contribution in [-0.2, 0) is 30.1 Å². The van der Waals surface area contributed by atoms with Crippen LogP contribution in [0.15, 0.2) is 28.7 Å². The van der Waals surface area contributed by atoms with Crippen LogP contribution in [0.1, 0.15) is 93.8 Å². The maximum Gasteiger partial charge on any atom is 0.458 e. The van der Waals surface area contributed by atoms with Crippen LogP contribution >= 0.6 is 0 Å². The van der Waals surface area contributed by atoms with Crippen LogP contribution < -0.4 is 0 Å². The lowest BCUT2D eigenvalue weighted by atomic mass is 9.81. The Kier molecular flexibility index (Phi) is 11.3. The molecule has 1 spiro atoms. The molecule has 2 saturated heterocycles. The van der Waals surface area contributed by atoms with Gasteiger partial charge in [0.1, 0.15) is 23.1 Å². The molecule has 1 aromatic carbocycles. The highest BCUT2D eigenvalue weighted by Crippen LogP contribution is 2.55. The summed E-state index contributed by atoms with van der Waals surface area (Å²) in [6.45, 7) is 15.2. The van der Waals surface area contributed by atoms with Gasteiger partial charge in [-0.2, -0.15) is 26.3 Å². The highest BCUT2D eigenvalue weighted by atomic mass is 19.4. The third-order valence-electron chi connectivity index (χ3n) is 10.5. The Morgan fingerprint density at radius 3 is 1.89 bits per heavy atom. The number of carbonyl (C=O) groups is 3. The van der Waals surface area contributed by atoms with Gasteiger partial charge < -0.3 is 14.1 Å². The highest BCUT2D eigenvalue weighted by molar-refractivity contribution is 6.41. The molecule has 1 amide bonds. The maximum absolute atomic E-state index is 15.0. The second kappa shape index (κ2) is 14.8.